The SMILES string of the molecule is O=S(=O)(CC1CCCCN1)N1CCc2sccc2C1. The van der Waals surface area contributed by atoms with Crippen LogP contribution in [0.3, 0.4) is 0 Å². The fourth-order valence-corrected chi connectivity index (χ4v) is 5.48. The van der Waals surface area contributed by atoms with Gasteiger partial charge in [0.2, 0.25) is 10.0 Å². The van der Waals surface area contributed by atoms with Crippen LogP contribution in [0.2, 0.25) is 0 Å². The van der Waals surface area contributed by atoms with Gasteiger partial charge in [-0.15, -0.1) is 11.3 Å². The average molecular weight is 300 g/mol. The van der Waals surface area contributed by atoms with Crippen molar-refractivity contribution < 1.29 is 8.42 Å². The summed E-state index contributed by atoms with van der Waals surface area (Å²) < 4.78 is 26.6. The van der Waals surface area contributed by atoms with E-state index in [0.29, 0.717) is 13.1 Å². The van der Waals surface area contributed by atoms with Gasteiger partial charge in [-0.25, -0.2) is 8.42 Å². The summed E-state index contributed by atoms with van der Waals surface area (Å²) in [6.45, 7) is 2.16. The van der Waals surface area contributed by atoms with Crippen LogP contribution in [0.4, 0.5) is 0 Å². The van der Waals surface area contributed by atoms with Crippen LogP contribution in [-0.4, -0.2) is 37.6 Å². The zero-order valence-electron chi connectivity index (χ0n) is 11.0. The second-order valence-electron chi connectivity index (χ2n) is 5.38. The number of piperidine rings is 1. The van der Waals surface area contributed by atoms with E-state index in [9.17, 15) is 8.42 Å². The zero-order valence-corrected chi connectivity index (χ0v) is 12.6. The van der Waals surface area contributed by atoms with Crippen molar-refractivity contribution in [2.45, 2.75) is 38.3 Å². The van der Waals surface area contributed by atoms with Crippen LogP contribution in [0.1, 0.15) is 29.7 Å². The Labute approximate surface area is 118 Å². The lowest BCUT2D eigenvalue weighted by Gasteiger charge is -2.29. The smallest absolute Gasteiger partial charge is 0.215 e. The van der Waals surface area contributed by atoms with Crippen molar-refractivity contribution in [2.24, 2.45) is 0 Å². The Morgan fingerprint density at radius 2 is 2.32 bits per heavy atom. The van der Waals surface area contributed by atoms with Crippen LogP contribution in [0, 0.1) is 0 Å². The fraction of sp³-hybridized carbons (Fsp3) is 0.692. The first-order valence-corrected chi connectivity index (χ1v) is 9.40. The fourth-order valence-electron chi connectivity index (χ4n) is 2.89. The predicted molar refractivity (Wildman–Crippen MR) is 77.9 cm³/mol. The summed E-state index contributed by atoms with van der Waals surface area (Å²) in [4.78, 5) is 1.35. The summed E-state index contributed by atoms with van der Waals surface area (Å²) >= 11 is 1.74. The maximum Gasteiger partial charge on any atom is 0.215 e. The molecule has 106 valence electrons. The normalized spacial score (nSPS) is 25.2. The van der Waals surface area contributed by atoms with E-state index in [-0.39, 0.29) is 11.8 Å². The predicted octanol–water partition coefficient (Wildman–Crippen LogP) is 1.58. The Balaban J connectivity index is 1.67. The zero-order chi connectivity index (χ0) is 13.3. The molecule has 4 nitrogen and oxygen atoms in total. The summed E-state index contributed by atoms with van der Waals surface area (Å²) in [6, 6.07) is 2.20. The lowest BCUT2D eigenvalue weighted by molar-refractivity contribution is 0.377. The number of fused-ring (bicyclic) bond motifs is 1. The molecule has 3 heterocycles. The Morgan fingerprint density at radius 1 is 1.42 bits per heavy atom. The minimum atomic E-state index is -3.13. The Bertz CT molecular complexity index is 533. The van der Waals surface area contributed by atoms with Crippen LogP contribution in [0.5, 0.6) is 0 Å². The highest BCUT2D eigenvalue weighted by Crippen LogP contribution is 2.26. The molecule has 0 amide bonds. The summed E-state index contributed by atoms with van der Waals surface area (Å²) in [5.41, 5.74) is 1.19. The number of hydrogen-bond donors (Lipinski definition) is 1. The number of thiophene rings is 1. The van der Waals surface area contributed by atoms with Gasteiger partial charge in [-0.1, -0.05) is 6.42 Å². The van der Waals surface area contributed by atoms with E-state index in [1.54, 1.807) is 15.6 Å². The maximum atomic E-state index is 12.5. The molecular weight excluding hydrogens is 280 g/mol. The van der Waals surface area contributed by atoms with Crippen molar-refractivity contribution in [1.29, 1.82) is 0 Å². The lowest BCUT2D eigenvalue weighted by Crippen LogP contribution is -2.45. The van der Waals surface area contributed by atoms with E-state index in [1.165, 1.54) is 16.9 Å². The van der Waals surface area contributed by atoms with Gasteiger partial charge in [0.05, 0.1) is 5.75 Å². The lowest BCUT2D eigenvalue weighted by atomic mass is 10.1. The minimum absolute atomic E-state index is 0.141. The molecule has 1 unspecified atom stereocenters. The van der Waals surface area contributed by atoms with Gasteiger partial charge in [-0.2, -0.15) is 4.31 Å². The molecule has 1 fully saturated rings. The van der Waals surface area contributed by atoms with Gasteiger partial charge in [0.25, 0.3) is 0 Å². The number of rotatable bonds is 3. The van der Waals surface area contributed by atoms with E-state index >= 15 is 0 Å². The Morgan fingerprint density at radius 3 is 3.11 bits per heavy atom. The first-order valence-electron chi connectivity index (χ1n) is 6.91. The van der Waals surface area contributed by atoms with Gasteiger partial charge in [0, 0.05) is 24.0 Å². The second-order valence-corrected chi connectivity index (χ2v) is 8.39. The van der Waals surface area contributed by atoms with E-state index in [1.807, 2.05) is 0 Å². The minimum Gasteiger partial charge on any atom is -0.313 e. The van der Waals surface area contributed by atoms with E-state index < -0.39 is 10.0 Å². The highest BCUT2D eigenvalue weighted by Gasteiger charge is 2.30. The molecule has 1 saturated heterocycles. The van der Waals surface area contributed by atoms with Gasteiger partial charge in [0.1, 0.15) is 0 Å². The van der Waals surface area contributed by atoms with Gasteiger partial charge >= 0.3 is 0 Å². The highest BCUT2D eigenvalue weighted by molar-refractivity contribution is 7.89. The van der Waals surface area contributed by atoms with E-state index in [2.05, 4.69) is 16.8 Å². The van der Waals surface area contributed by atoms with Crippen molar-refractivity contribution in [1.82, 2.24) is 9.62 Å². The molecule has 1 N–H and O–H groups in total. The number of nitrogens with zero attached hydrogens (tertiary/aromatic N) is 1. The quantitative estimate of drug-likeness (QED) is 0.922. The monoisotopic (exact) mass is 300 g/mol. The van der Waals surface area contributed by atoms with Crippen molar-refractivity contribution in [3.63, 3.8) is 0 Å². The molecule has 2 aliphatic rings. The molecule has 6 heteroatoms. The average Bonchev–Trinajstić information content (AvgIpc) is 2.86. The molecule has 1 aromatic heterocycles. The molecule has 0 aliphatic carbocycles. The summed E-state index contributed by atoms with van der Waals surface area (Å²) in [6.07, 6.45) is 4.15. The molecule has 0 spiro atoms. The Kier molecular flexibility index (Phi) is 3.93. The van der Waals surface area contributed by atoms with Crippen LogP contribution in [0.15, 0.2) is 11.4 Å². The summed E-state index contributed by atoms with van der Waals surface area (Å²) in [7, 11) is -3.13. The molecule has 2 aliphatic heterocycles. The maximum absolute atomic E-state index is 12.5. The van der Waals surface area contributed by atoms with Crippen molar-refractivity contribution in [3.05, 3.63) is 21.9 Å². The Hall–Kier alpha value is -0.430. The first-order chi connectivity index (χ1) is 9.15. The molecule has 3 rings (SSSR count). The molecule has 0 bridgehead atoms. The standard InChI is InChI=1S/C13H20N2O2S2/c16-19(17,10-12-3-1-2-6-14-12)15-7-4-13-11(9-15)5-8-18-13/h5,8,12,14H,1-4,6-7,9-10H2. The molecule has 1 atom stereocenters. The van der Waals surface area contributed by atoms with E-state index in [0.717, 1.165) is 25.8 Å². The highest BCUT2D eigenvalue weighted by atomic mass is 32.2. The van der Waals surface area contributed by atoms with Gasteiger partial charge in [0.15, 0.2) is 0 Å². The van der Waals surface area contributed by atoms with Crippen LogP contribution < -0.4 is 5.32 Å². The van der Waals surface area contributed by atoms with Gasteiger partial charge < -0.3 is 5.32 Å². The van der Waals surface area contributed by atoms with Crippen LogP contribution in [0.25, 0.3) is 0 Å². The number of sulfonamides is 1. The molecule has 19 heavy (non-hydrogen) atoms. The first kappa shape index (κ1) is 13.5. The van der Waals surface area contributed by atoms with Gasteiger partial charge in [-0.05, 0) is 42.8 Å². The van der Waals surface area contributed by atoms with Crippen molar-refractivity contribution in [3.8, 4) is 0 Å². The number of hydrogen-bond acceptors (Lipinski definition) is 4. The van der Waals surface area contributed by atoms with E-state index in [4.69, 9.17) is 0 Å². The largest absolute Gasteiger partial charge is 0.313 e. The van der Waals surface area contributed by atoms with Crippen LogP contribution in [-0.2, 0) is 23.0 Å². The van der Waals surface area contributed by atoms with Crippen molar-refractivity contribution >= 4 is 21.4 Å². The molecular formula is C13H20N2O2S2. The number of nitrogens with one attached hydrogen (secondary N) is 1. The second kappa shape index (κ2) is 5.52. The van der Waals surface area contributed by atoms with Crippen LogP contribution >= 0.6 is 11.3 Å². The summed E-state index contributed by atoms with van der Waals surface area (Å²) in [5, 5.41) is 5.38. The molecule has 0 aromatic carbocycles. The topological polar surface area (TPSA) is 49.4 Å². The third-order valence-corrected chi connectivity index (χ3v) is 6.94. The van der Waals surface area contributed by atoms with Crippen molar-refractivity contribution in [2.75, 3.05) is 18.8 Å². The summed E-state index contributed by atoms with van der Waals surface area (Å²) in [5.74, 6) is 0.256. The third-order valence-electron chi connectivity index (χ3n) is 3.99. The van der Waals surface area contributed by atoms with Gasteiger partial charge in [-0.3, -0.25) is 0 Å². The third kappa shape index (κ3) is 3.02. The molecule has 1 aromatic rings. The molecule has 0 radical (unpaired) electrons. The molecule has 0 saturated carbocycles.